The summed E-state index contributed by atoms with van der Waals surface area (Å²) in [6.45, 7) is 3.38. The third kappa shape index (κ3) is 3.19. The molecule has 3 atom stereocenters. The largest absolute Gasteiger partial charge is 0.480 e. The highest BCUT2D eigenvalue weighted by molar-refractivity contribution is 5.87. The first-order valence-electron chi connectivity index (χ1n) is 5.86. The van der Waals surface area contributed by atoms with Gasteiger partial charge in [0, 0.05) is 6.54 Å². The second kappa shape index (κ2) is 5.81. The van der Waals surface area contributed by atoms with Crippen LogP contribution in [-0.2, 0) is 14.4 Å². The average molecular weight is 258 g/mol. The van der Waals surface area contributed by atoms with Crippen molar-refractivity contribution in [2.45, 2.75) is 44.8 Å². The van der Waals surface area contributed by atoms with Crippen molar-refractivity contribution in [1.29, 1.82) is 0 Å². The Bertz CT molecular complexity index is 357. The molecule has 102 valence electrons. The highest BCUT2D eigenvalue weighted by Gasteiger charge is 2.36. The summed E-state index contributed by atoms with van der Waals surface area (Å²) in [4.78, 5) is 35.0. The molecule has 1 rings (SSSR count). The zero-order chi connectivity index (χ0) is 13.9. The van der Waals surface area contributed by atoms with E-state index in [0.717, 1.165) is 0 Å². The van der Waals surface area contributed by atoms with Crippen molar-refractivity contribution in [3.8, 4) is 0 Å². The molecule has 1 heterocycles. The van der Waals surface area contributed by atoms with Crippen LogP contribution in [0.3, 0.4) is 0 Å². The summed E-state index contributed by atoms with van der Waals surface area (Å²) >= 11 is 0. The molecule has 1 saturated heterocycles. The molecule has 0 saturated carbocycles. The van der Waals surface area contributed by atoms with Crippen molar-refractivity contribution >= 4 is 17.8 Å². The van der Waals surface area contributed by atoms with E-state index in [2.05, 4.69) is 5.32 Å². The van der Waals surface area contributed by atoms with Crippen LogP contribution in [0.1, 0.15) is 26.7 Å². The van der Waals surface area contributed by atoms with Crippen molar-refractivity contribution in [3.63, 3.8) is 0 Å². The van der Waals surface area contributed by atoms with Crippen molar-refractivity contribution in [2.75, 3.05) is 6.54 Å². The van der Waals surface area contributed by atoms with E-state index < -0.39 is 30.1 Å². The number of carboxylic acid groups (broad SMARTS) is 2. The maximum Gasteiger partial charge on any atom is 0.326 e. The molecule has 0 aromatic rings. The molecule has 7 nitrogen and oxygen atoms in total. The van der Waals surface area contributed by atoms with Gasteiger partial charge in [-0.25, -0.2) is 4.79 Å². The number of aliphatic carboxylic acids is 2. The van der Waals surface area contributed by atoms with E-state index in [1.165, 1.54) is 11.8 Å². The second-order valence-electron chi connectivity index (χ2n) is 4.48. The van der Waals surface area contributed by atoms with Gasteiger partial charge >= 0.3 is 11.9 Å². The lowest BCUT2D eigenvalue weighted by molar-refractivity contribution is -0.149. The van der Waals surface area contributed by atoms with Crippen LogP contribution in [0.2, 0.25) is 0 Å². The summed E-state index contributed by atoms with van der Waals surface area (Å²) in [6, 6.07) is -2.35. The average Bonchev–Trinajstić information content (AvgIpc) is 2.76. The molecule has 7 heteroatoms. The van der Waals surface area contributed by atoms with Gasteiger partial charge < -0.3 is 15.1 Å². The first-order chi connectivity index (χ1) is 8.34. The van der Waals surface area contributed by atoms with Crippen LogP contribution in [-0.4, -0.2) is 57.6 Å². The van der Waals surface area contributed by atoms with Crippen LogP contribution < -0.4 is 5.32 Å². The zero-order valence-electron chi connectivity index (χ0n) is 10.4. The van der Waals surface area contributed by atoms with Crippen LogP contribution in [0.15, 0.2) is 0 Å². The van der Waals surface area contributed by atoms with Crippen molar-refractivity contribution in [2.24, 2.45) is 0 Å². The minimum absolute atomic E-state index is 0.368. The second-order valence-corrected chi connectivity index (χ2v) is 4.48. The lowest BCUT2D eigenvalue weighted by Gasteiger charge is -2.26. The van der Waals surface area contributed by atoms with Crippen LogP contribution in [0.25, 0.3) is 0 Å². The lowest BCUT2D eigenvalue weighted by atomic mass is 10.2. The third-order valence-electron chi connectivity index (χ3n) is 3.06. The third-order valence-corrected chi connectivity index (χ3v) is 3.06. The van der Waals surface area contributed by atoms with Crippen LogP contribution in [0.5, 0.6) is 0 Å². The van der Waals surface area contributed by atoms with E-state index in [4.69, 9.17) is 10.2 Å². The summed E-state index contributed by atoms with van der Waals surface area (Å²) in [5.74, 6) is -2.43. The molecular weight excluding hydrogens is 240 g/mol. The quantitative estimate of drug-likeness (QED) is 0.614. The highest BCUT2D eigenvalue weighted by atomic mass is 16.4. The summed E-state index contributed by atoms with van der Waals surface area (Å²) in [7, 11) is 0. The van der Waals surface area contributed by atoms with Gasteiger partial charge in [-0.1, -0.05) is 0 Å². The van der Waals surface area contributed by atoms with Crippen molar-refractivity contribution < 1.29 is 24.6 Å². The fraction of sp³-hybridized carbons (Fsp3) is 0.727. The highest BCUT2D eigenvalue weighted by Crippen LogP contribution is 2.18. The van der Waals surface area contributed by atoms with Gasteiger partial charge in [0.2, 0.25) is 5.91 Å². The molecule has 0 radical (unpaired) electrons. The molecule has 1 amide bonds. The summed E-state index contributed by atoms with van der Waals surface area (Å²) in [5, 5.41) is 20.3. The Morgan fingerprint density at radius 1 is 1.22 bits per heavy atom. The zero-order valence-corrected chi connectivity index (χ0v) is 10.4. The summed E-state index contributed by atoms with van der Waals surface area (Å²) < 4.78 is 0. The van der Waals surface area contributed by atoms with Gasteiger partial charge in [-0.15, -0.1) is 0 Å². The van der Waals surface area contributed by atoms with Gasteiger partial charge in [-0.3, -0.25) is 14.9 Å². The van der Waals surface area contributed by atoms with Gasteiger partial charge in [0.15, 0.2) is 0 Å². The first kappa shape index (κ1) is 14.4. The summed E-state index contributed by atoms with van der Waals surface area (Å²) in [5.41, 5.74) is 0. The molecule has 0 aliphatic carbocycles. The van der Waals surface area contributed by atoms with Gasteiger partial charge in [0.05, 0.1) is 6.04 Å². The van der Waals surface area contributed by atoms with E-state index in [1.807, 2.05) is 0 Å². The number of amides is 1. The number of carbonyl (C=O) groups is 3. The van der Waals surface area contributed by atoms with E-state index >= 15 is 0 Å². The maximum atomic E-state index is 12.0. The normalized spacial score (nSPS) is 22.6. The van der Waals surface area contributed by atoms with E-state index in [0.29, 0.717) is 19.4 Å². The molecule has 0 spiro atoms. The van der Waals surface area contributed by atoms with Crippen LogP contribution in [0, 0.1) is 0 Å². The molecule has 1 aliphatic rings. The molecule has 0 bridgehead atoms. The predicted octanol–water partition coefficient (Wildman–Crippen LogP) is -0.487. The number of nitrogens with zero attached hydrogens (tertiary/aromatic N) is 1. The van der Waals surface area contributed by atoms with Crippen molar-refractivity contribution in [3.05, 3.63) is 0 Å². The Labute approximate surface area is 105 Å². The van der Waals surface area contributed by atoms with Gasteiger partial charge in [-0.2, -0.15) is 0 Å². The molecule has 1 fully saturated rings. The molecule has 0 aromatic heterocycles. The Balaban J connectivity index is 2.63. The summed E-state index contributed by atoms with van der Waals surface area (Å²) in [6.07, 6.45) is 1.10. The van der Waals surface area contributed by atoms with Gasteiger partial charge in [0.25, 0.3) is 0 Å². The molecular formula is C11H18N2O5. The Morgan fingerprint density at radius 3 is 2.33 bits per heavy atom. The first-order valence-corrected chi connectivity index (χ1v) is 5.86. The van der Waals surface area contributed by atoms with Crippen molar-refractivity contribution in [1.82, 2.24) is 10.2 Å². The number of carbonyl (C=O) groups excluding carboxylic acids is 1. The SMILES string of the molecule is CC(NC(C)C(=O)N1CCC[C@H]1C(=O)O)C(=O)O. The topological polar surface area (TPSA) is 107 Å². The maximum absolute atomic E-state index is 12.0. The predicted molar refractivity (Wildman–Crippen MR) is 62.1 cm³/mol. The van der Waals surface area contributed by atoms with Crippen LogP contribution >= 0.6 is 0 Å². The number of carboxylic acids is 2. The fourth-order valence-corrected chi connectivity index (χ4v) is 2.05. The van der Waals surface area contributed by atoms with E-state index in [9.17, 15) is 14.4 Å². The number of hydrogen-bond donors (Lipinski definition) is 3. The Morgan fingerprint density at radius 2 is 1.83 bits per heavy atom. The lowest BCUT2D eigenvalue weighted by Crippen LogP contribution is -2.52. The van der Waals surface area contributed by atoms with Gasteiger partial charge in [0.1, 0.15) is 12.1 Å². The molecule has 0 aromatic carbocycles. The number of nitrogens with one attached hydrogen (secondary N) is 1. The van der Waals surface area contributed by atoms with Gasteiger partial charge in [-0.05, 0) is 26.7 Å². The molecule has 1 aliphatic heterocycles. The standard InChI is InChI=1S/C11H18N2O5/c1-6(12-7(2)10(15)16)9(14)13-5-3-4-8(13)11(17)18/h6-8,12H,3-5H2,1-2H3,(H,15,16)(H,17,18)/t6?,7?,8-/m0/s1. The van der Waals surface area contributed by atoms with E-state index in [-0.39, 0.29) is 5.91 Å². The Kier molecular flexibility index (Phi) is 4.66. The minimum atomic E-state index is -1.05. The van der Waals surface area contributed by atoms with E-state index in [1.54, 1.807) is 6.92 Å². The molecule has 18 heavy (non-hydrogen) atoms. The number of likely N-dealkylation sites (tertiary alicyclic amines) is 1. The smallest absolute Gasteiger partial charge is 0.326 e. The van der Waals surface area contributed by atoms with Crippen LogP contribution in [0.4, 0.5) is 0 Å². The number of hydrogen-bond acceptors (Lipinski definition) is 4. The number of rotatable bonds is 5. The molecule has 2 unspecified atom stereocenters. The Hall–Kier alpha value is -1.63. The fourth-order valence-electron chi connectivity index (χ4n) is 2.05. The monoisotopic (exact) mass is 258 g/mol. The molecule has 3 N–H and O–H groups in total. The minimum Gasteiger partial charge on any atom is -0.480 e.